The van der Waals surface area contributed by atoms with Crippen LogP contribution in [0.25, 0.3) is 0 Å². The summed E-state index contributed by atoms with van der Waals surface area (Å²) in [5.41, 5.74) is -0.532. The van der Waals surface area contributed by atoms with Crippen molar-refractivity contribution in [1.29, 1.82) is 0 Å². The molecule has 0 aliphatic carbocycles. The smallest absolute Gasteiger partial charge is 0.358 e. The molecule has 0 fully saturated rings. The minimum Gasteiger partial charge on any atom is -0.476 e. The number of nitro benzene ring substituents is 1. The number of rotatable bonds is 4. The molecule has 0 saturated heterocycles. The largest absolute Gasteiger partial charge is 0.476 e. The molecule has 0 saturated carbocycles. The molecule has 0 aliphatic heterocycles. The van der Waals surface area contributed by atoms with Crippen LogP contribution in [-0.4, -0.2) is 27.1 Å². The highest BCUT2D eigenvalue weighted by Crippen LogP contribution is 2.19. The molecule has 0 aliphatic rings. The Hall–Kier alpha value is -3.23. The number of carboxylic acids is 1. The van der Waals surface area contributed by atoms with Crippen LogP contribution in [0.2, 0.25) is 0 Å². The monoisotopic (exact) mass is 291 g/mol. The van der Waals surface area contributed by atoms with Crippen molar-refractivity contribution in [2.75, 3.05) is 5.32 Å². The number of carbonyl (C=O) groups excluding carboxylic acids is 1. The highest BCUT2D eigenvalue weighted by atomic mass is 16.6. The van der Waals surface area contributed by atoms with E-state index in [1.54, 1.807) is 0 Å². The summed E-state index contributed by atoms with van der Waals surface area (Å²) in [6, 6.07) is 5.10. The van der Waals surface area contributed by atoms with Crippen molar-refractivity contribution < 1.29 is 24.1 Å². The number of aryl methyl sites for hydroxylation is 1. The standard InChI is InChI=1S/C12H9N3O6/c1-6-9(10(12(17)18)14-21-6)11(16)13-7-2-4-8(5-3-7)15(19)20/h2-5H,1H3,(H,13,16)(H,17,18). The lowest BCUT2D eigenvalue weighted by Crippen LogP contribution is -2.16. The summed E-state index contributed by atoms with van der Waals surface area (Å²) in [6.45, 7) is 1.41. The summed E-state index contributed by atoms with van der Waals surface area (Å²) in [5, 5.41) is 25.1. The Morgan fingerprint density at radius 3 is 2.48 bits per heavy atom. The van der Waals surface area contributed by atoms with Crippen LogP contribution < -0.4 is 5.32 Å². The van der Waals surface area contributed by atoms with Crippen molar-refractivity contribution in [1.82, 2.24) is 5.16 Å². The van der Waals surface area contributed by atoms with Crippen molar-refractivity contribution in [2.24, 2.45) is 0 Å². The average molecular weight is 291 g/mol. The molecular weight excluding hydrogens is 282 g/mol. The second kappa shape index (κ2) is 5.41. The number of nitrogens with zero attached hydrogens (tertiary/aromatic N) is 2. The molecule has 9 nitrogen and oxygen atoms in total. The first-order valence-electron chi connectivity index (χ1n) is 5.65. The number of non-ortho nitro benzene ring substituents is 1. The molecule has 2 rings (SSSR count). The number of carbonyl (C=O) groups is 2. The Morgan fingerprint density at radius 2 is 1.95 bits per heavy atom. The minimum absolute atomic E-state index is 0.0619. The van der Waals surface area contributed by atoms with Crippen LogP contribution in [0.1, 0.15) is 26.6 Å². The van der Waals surface area contributed by atoms with Gasteiger partial charge in [0, 0.05) is 17.8 Å². The maximum absolute atomic E-state index is 12.0. The van der Waals surface area contributed by atoms with E-state index in [9.17, 15) is 19.7 Å². The molecule has 1 amide bonds. The lowest BCUT2D eigenvalue weighted by atomic mass is 10.1. The van der Waals surface area contributed by atoms with Crippen LogP contribution in [0.3, 0.4) is 0 Å². The van der Waals surface area contributed by atoms with E-state index in [-0.39, 0.29) is 22.7 Å². The minimum atomic E-state index is -1.39. The molecule has 0 radical (unpaired) electrons. The lowest BCUT2D eigenvalue weighted by Gasteiger charge is -2.04. The Labute approximate surface area is 117 Å². The highest BCUT2D eigenvalue weighted by Gasteiger charge is 2.25. The van der Waals surface area contributed by atoms with Crippen LogP contribution >= 0.6 is 0 Å². The van der Waals surface area contributed by atoms with Crippen molar-refractivity contribution in [3.8, 4) is 0 Å². The van der Waals surface area contributed by atoms with E-state index in [0.29, 0.717) is 0 Å². The van der Waals surface area contributed by atoms with Gasteiger partial charge in [-0.3, -0.25) is 14.9 Å². The molecule has 1 aromatic heterocycles. The molecule has 21 heavy (non-hydrogen) atoms. The molecule has 0 bridgehead atoms. The Kier molecular flexibility index (Phi) is 3.65. The first-order valence-corrected chi connectivity index (χ1v) is 5.65. The Balaban J connectivity index is 2.24. The van der Waals surface area contributed by atoms with E-state index in [1.807, 2.05) is 0 Å². The normalized spacial score (nSPS) is 10.1. The van der Waals surface area contributed by atoms with E-state index in [1.165, 1.54) is 31.2 Å². The molecular formula is C12H9N3O6. The summed E-state index contributed by atoms with van der Waals surface area (Å²) in [6.07, 6.45) is 0. The van der Waals surface area contributed by atoms with Crippen molar-refractivity contribution in [3.63, 3.8) is 0 Å². The van der Waals surface area contributed by atoms with Crippen LogP contribution in [0, 0.1) is 17.0 Å². The van der Waals surface area contributed by atoms with Gasteiger partial charge in [-0.2, -0.15) is 0 Å². The predicted octanol–water partition coefficient (Wildman–Crippen LogP) is 1.84. The SMILES string of the molecule is Cc1onc(C(=O)O)c1C(=O)Nc1ccc([N+](=O)[O-])cc1. The van der Waals surface area contributed by atoms with Crippen LogP contribution in [-0.2, 0) is 0 Å². The second-order valence-corrected chi connectivity index (χ2v) is 4.03. The third-order valence-corrected chi connectivity index (χ3v) is 2.63. The van der Waals surface area contributed by atoms with E-state index >= 15 is 0 Å². The second-order valence-electron chi connectivity index (χ2n) is 4.03. The molecule has 1 heterocycles. The number of nitro groups is 1. The van der Waals surface area contributed by atoms with Crippen LogP contribution in [0.4, 0.5) is 11.4 Å². The van der Waals surface area contributed by atoms with Crippen molar-refractivity contribution in [2.45, 2.75) is 6.92 Å². The molecule has 9 heteroatoms. The number of hydrogen-bond donors (Lipinski definition) is 2. The number of hydrogen-bond acceptors (Lipinski definition) is 6. The molecule has 108 valence electrons. The lowest BCUT2D eigenvalue weighted by molar-refractivity contribution is -0.384. The van der Waals surface area contributed by atoms with Gasteiger partial charge in [0.15, 0.2) is 0 Å². The molecule has 1 aromatic carbocycles. The molecule has 0 spiro atoms. The molecule has 2 aromatic rings. The van der Waals surface area contributed by atoms with Gasteiger partial charge in [0.1, 0.15) is 11.3 Å². The molecule has 0 unspecified atom stereocenters. The quantitative estimate of drug-likeness (QED) is 0.647. The van der Waals surface area contributed by atoms with Gasteiger partial charge in [0.25, 0.3) is 11.6 Å². The first kappa shape index (κ1) is 14.2. The Bertz CT molecular complexity index is 719. The van der Waals surface area contributed by atoms with Gasteiger partial charge in [-0.05, 0) is 19.1 Å². The van der Waals surface area contributed by atoms with Crippen molar-refractivity contribution in [3.05, 3.63) is 51.4 Å². The summed E-state index contributed by atoms with van der Waals surface area (Å²) < 4.78 is 4.69. The van der Waals surface area contributed by atoms with Gasteiger partial charge < -0.3 is 14.9 Å². The molecule has 0 atom stereocenters. The van der Waals surface area contributed by atoms with Gasteiger partial charge >= 0.3 is 5.97 Å². The third kappa shape index (κ3) is 2.86. The number of nitrogens with one attached hydrogen (secondary N) is 1. The number of benzene rings is 1. The van der Waals surface area contributed by atoms with E-state index in [2.05, 4.69) is 15.0 Å². The fraction of sp³-hybridized carbons (Fsp3) is 0.0833. The number of aromatic carboxylic acids is 1. The van der Waals surface area contributed by atoms with E-state index in [0.717, 1.165) is 0 Å². The van der Waals surface area contributed by atoms with E-state index in [4.69, 9.17) is 5.11 Å². The number of aromatic nitrogens is 1. The summed E-state index contributed by atoms with van der Waals surface area (Å²) in [7, 11) is 0. The van der Waals surface area contributed by atoms with Gasteiger partial charge in [-0.1, -0.05) is 5.16 Å². The fourth-order valence-electron chi connectivity index (χ4n) is 1.65. The first-order chi connectivity index (χ1) is 9.90. The maximum atomic E-state index is 12.0. The Morgan fingerprint density at radius 1 is 1.33 bits per heavy atom. The van der Waals surface area contributed by atoms with Crippen molar-refractivity contribution >= 4 is 23.3 Å². The number of carboxylic acid groups (broad SMARTS) is 1. The zero-order chi connectivity index (χ0) is 15.6. The van der Waals surface area contributed by atoms with Gasteiger partial charge in [-0.25, -0.2) is 4.79 Å². The zero-order valence-electron chi connectivity index (χ0n) is 10.7. The molecule has 2 N–H and O–H groups in total. The van der Waals surface area contributed by atoms with Gasteiger partial charge in [0.2, 0.25) is 5.69 Å². The maximum Gasteiger partial charge on any atom is 0.358 e. The van der Waals surface area contributed by atoms with Gasteiger partial charge in [0.05, 0.1) is 4.92 Å². The van der Waals surface area contributed by atoms with E-state index < -0.39 is 22.5 Å². The summed E-state index contributed by atoms with van der Waals surface area (Å²) in [5.74, 6) is -2.05. The summed E-state index contributed by atoms with van der Waals surface area (Å²) >= 11 is 0. The zero-order valence-corrected chi connectivity index (χ0v) is 10.7. The van der Waals surface area contributed by atoms with Crippen LogP contribution in [0.5, 0.6) is 0 Å². The number of anilines is 1. The average Bonchev–Trinajstić information content (AvgIpc) is 2.81. The fourth-order valence-corrected chi connectivity index (χ4v) is 1.65. The van der Waals surface area contributed by atoms with Crippen LogP contribution in [0.15, 0.2) is 28.8 Å². The number of amides is 1. The highest BCUT2D eigenvalue weighted by molar-refractivity contribution is 6.10. The van der Waals surface area contributed by atoms with Gasteiger partial charge in [-0.15, -0.1) is 0 Å². The predicted molar refractivity (Wildman–Crippen MR) is 69.2 cm³/mol. The topological polar surface area (TPSA) is 136 Å². The third-order valence-electron chi connectivity index (χ3n) is 2.63. The summed E-state index contributed by atoms with van der Waals surface area (Å²) in [4.78, 5) is 32.9.